The molecule has 1 saturated heterocycles. The van der Waals surface area contributed by atoms with Crippen molar-refractivity contribution in [2.45, 2.75) is 6.04 Å². The molecular formula is C16H17ClF2N4O. The van der Waals surface area contributed by atoms with E-state index in [0.29, 0.717) is 17.9 Å². The van der Waals surface area contributed by atoms with Crippen LogP contribution in [0.1, 0.15) is 0 Å². The number of hydrogen-bond donors (Lipinski definition) is 3. The molecule has 1 aromatic carbocycles. The molecule has 3 rings (SSSR count). The van der Waals surface area contributed by atoms with Crippen molar-refractivity contribution < 1.29 is 13.6 Å². The molecule has 0 radical (unpaired) electrons. The van der Waals surface area contributed by atoms with Crippen molar-refractivity contribution in [2.75, 3.05) is 25.0 Å². The summed E-state index contributed by atoms with van der Waals surface area (Å²) in [5, 5.41) is 8.92. The molecule has 1 aliphatic rings. The number of nitrogens with one attached hydrogen (secondary N) is 3. The zero-order chi connectivity index (χ0) is 16.2. The summed E-state index contributed by atoms with van der Waals surface area (Å²) in [6.45, 7) is 2.11. The van der Waals surface area contributed by atoms with Gasteiger partial charge in [-0.15, -0.1) is 12.4 Å². The second-order valence-corrected chi connectivity index (χ2v) is 5.23. The third-order valence-corrected chi connectivity index (χ3v) is 3.63. The fraction of sp³-hybridized carbons (Fsp3) is 0.250. The second-order valence-electron chi connectivity index (χ2n) is 5.23. The van der Waals surface area contributed by atoms with Crippen LogP contribution in [-0.2, 0) is 4.79 Å². The molecule has 3 N–H and O–H groups in total. The van der Waals surface area contributed by atoms with Gasteiger partial charge in [-0.05, 0) is 18.2 Å². The molecule has 8 heteroatoms. The van der Waals surface area contributed by atoms with Crippen LogP contribution in [-0.4, -0.2) is 36.6 Å². The molecule has 1 atom stereocenters. The van der Waals surface area contributed by atoms with Crippen molar-refractivity contribution >= 4 is 24.1 Å². The zero-order valence-corrected chi connectivity index (χ0v) is 13.5. The Balaban J connectivity index is 0.00000208. The molecule has 1 aromatic heterocycles. The molecule has 5 nitrogen and oxygen atoms in total. The van der Waals surface area contributed by atoms with Crippen LogP contribution in [0.25, 0.3) is 11.1 Å². The Labute approximate surface area is 144 Å². The summed E-state index contributed by atoms with van der Waals surface area (Å²) in [5.41, 5.74) is 0.575. The van der Waals surface area contributed by atoms with Crippen molar-refractivity contribution in [1.82, 2.24) is 15.6 Å². The number of nitrogens with zero attached hydrogens (tertiary/aromatic N) is 1. The van der Waals surface area contributed by atoms with Crippen LogP contribution in [0.4, 0.5) is 14.6 Å². The van der Waals surface area contributed by atoms with Crippen LogP contribution in [0.3, 0.4) is 0 Å². The van der Waals surface area contributed by atoms with Gasteiger partial charge >= 0.3 is 0 Å². The molecule has 0 spiro atoms. The highest BCUT2D eigenvalue weighted by atomic mass is 35.5. The van der Waals surface area contributed by atoms with Crippen LogP contribution in [0, 0.1) is 11.6 Å². The topological polar surface area (TPSA) is 66.0 Å². The monoisotopic (exact) mass is 354 g/mol. The molecule has 0 aliphatic carbocycles. The molecule has 0 unspecified atom stereocenters. The van der Waals surface area contributed by atoms with E-state index in [0.717, 1.165) is 19.2 Å². The Morgan fingerprint density at radius 3 is 2.71 bits per heavy atom. The van der Waals surface area contributed by atoms with Crippen molar-refractivity contribution in [3.05, 3.63) is 48.2 Å². The maximum absolute atomic E-state index is 13.8. The molecular weight excluding hydrogens is 338 g/mol. The van der Waals surface area contributed by atoms with Crippen molar-refractivity contribution in [3.8, 4) is 11.1 Å². The lowest BCUT2D eigenvalue weighted by Gasteiger charge is -2.23. The maximum Gasteiger partial charge on any atom is 0.243 e. The quantitative estimate of drug-likeness (QED) is 0.788. The van der Waals surface area contributed by atoms with Gasteiger partial charge in [0, 0.05) is 37.0 Å². The van der Waals surface area contributed by atoms with E-state index in [-0.39, 0.29) is 29.9 Å². The summed E-state index contributed by atoms with van der Waals surface area (Å²) in [6.07, 6.45) is 1.40. The van der Waals surface area contributed by atoms with Crippen molar-refractivity contribution in [2.24, 2.45) is 0 Å². The van der Waals surface area contributed by atoms with Crippen LogP contribution in [0.5, 0.6) is 0 Å². The lowest BCUT2D eigenvalue weighted by molar-refractivity contribution is -0.118. The fourth-order valence-electron chi connectivity index (χ4n) is 2.41. The highest BCUT2D eigenvalue weighted by molar-refractivity contribution is 5.94. The molecule has 1 fully saturated rings. The first kappa shape index (κ1) is 18.3. The minimum absolute atomic E-state index is 0. The van der Waals surface area contributed by atoms with E-state index in [1.807, 2.05) is 0 Å². The van der Waals surface area contributed by atoms with Gasteiger partial charge in [0.05, 0.1) is 6.04 Å². The van der Waals surface area contributed by atoms with Crippen molar-refractivity contribution in [1.29, 1.82) is 0 Å². The summed E-state index contributed by atoms with van der Waals surface area (Å²) in [6, 6.07) is 6.81. The molecule has 0 saturated carbocycles. The smallest absolute Gasteiger partial charge is 0.243 e. The summed E-state index contributed by atoms with van der Waals surface area (Å²) in [7, 11) is 0. The van der Waals surface area contributed by atoms with E-state index in [1.165, 1.54) is 18.3 Å². The van der Waals surface area contributed by atoms with E-state index < -0.39 is 11.6 Å². The number of benzene rings is 1. The number of aromatic nitrogens is 1. The minimum atomic E-state index is -0.913. The second kappa shape index (κ2) is 8.14. The molecule has 24 heavy (non-hydrogen) atoms. The molecule has 1 aliphatic heterocycles. The van der Waals surface area contributed by atoms with Gasteiger partial charge in [0.2, 0.25) is 5.91 Å². The molecule has 0 bridgehead atoms. The Morgan fingerprint density at radius 1 is 1.21 bits per heavy atom. The number of pyridine rings is 1. The number of halogens is 3. The van der Waals surface area contributed by atoms with Crippen LogP contribution >= 0.6 is 12.4 Å². The van der Waals surface area contributed by atoms with Gasteiger partial charge in [-0.25, -0.2) is 13.8 Å². The standard InChI is InChI=1S/C16H16F2N4O.ClH/c17-12-3-1-2-11(15(12)18)10-4-5-14(21-8-10)22-16(23)13-9-19-6-7-20-13;/h1-5,8,13,19-20H,6-7,9H2,(H,21,22,23);1H/t13-;/m0./s1. The van der Waals surface area contributed by atoms with Gasteiger partial charge in [0.1, 0.15) is 5.82 Å². The normalized spacial score (nSPS) is 17.0. The third-order valence-electron chi connectivity index (χ3n) is 3.63. The molecule has 2 heterocycles. The van der Waals surface area contributed by atoms with Gasteiger partial charge in [0.25, 0.3) is 0 Å². The lowest BCUT2D eigenvalue weighted by Crippen LogP contribution is -2.54. The van der Waals surface area contributed by atoms with Gasteiger partial charge in [-0.1, -0.05) is 12.1 Å². The largest absolute Gasteiger partial charge is 0.313 e. The van der Waals surface area contributed by atoms with E-state index in [9.17, 15) is 13.6 Å². The average Bonchev–Trinajstić information content (AvgIpc) is 2.59. The third kappa shape index (κ3) is 4.05. The van der Waals surface area contributed by atoms with E-state index in [1.54, 1.807) is 12.1 Å². The number of anilines is 1. The first-order chi connectivity index (χ1) is 11.1. The fourth-order valence-corrected chi connectivity index (χ4v) is 2.41. The number of piperazine rings is 1. The minimum Gasteiger partial charge on any atom is -0.313 e. The Hall–Kier alpha value is -2.09. The predicted octanol–water partition coefficient (Wildman–Crippen LogP) is 1.95. The van der Waals surface area contributed by atoms with E-state index >= 15 is 0 Å². The highest BCUT2D eigenvalue weighted by Crippen LogP contribution is 2.24. The van der Waals surface area contributed by atoms with Gasteiger partial charge < -0.3 is 16.0 Å². The number of hydrogen-bond acceptors (Lipinski definition) is 4. The van der Waals surface area contributed by atoms with E-state index in [4.69, 9.17) is 0 Å². The van der Waals surface area contributed by atoms with Gasteiger partial charge in [0.15, 0.2) is 11.6 Å². The number of rotatable bonds is 3. The molecule has 1 amide bonds. The molecule has 128 valence electrons. The number of amides is 1. The van der Waals surface area contributed by atoms with Gasteiger partial charge in [-0.2, -0.15) is 0 Å². The van der Waals surface area contributed by atoms with Crippen molar-refractivity contribution in [3.63, 3.8) is 0 Å². The Kier molecular flexibility index (Phi) is 6.19. The summed E-state index contributed by atoms with van der Waals surface area (Å²) in [5.74, 6) is -1.64. The van der Waals surface area contributed by atoms with E-state index in [2.05, 4.69) is 20.9 Å². The summed E-state index contributed by atoms with van der Waals surface area (Å²) in [4.78, 5) is 16.1. The average molecular weight is 355 g/mol. The SMILES string of the molecule is Cl.O=C(Nc1ccc(-c2cccc(F)c2F)cn1)[C@@H]1CNCCN1. The Morgan fingerprint density at radius 2 is 2.04 bits per heavy atom. The maximum atomic E-state index is 13.8. The van der Waals surface area contributed by atoms with Crippen LogP contribution in [0.15, 0.2) is 36.5 Å². The van der Waals surface area contributed by atoms with Crippen LogP contribution < -0.4 is 16.0 Å². The summed E-state index contributed by atoms with van der Waals surface area (Å²) < 4.78 is 27.0. The molecule has 2 aromatic rings. The van der Waals surface area contributed by atoms with Crippen LogP contribution in [0.2, 0.25) is 0 Å². The first-order valence-corrected chi connectivity index (χ1v) is 7.30. The lowest BCUT2D eigenvalue weighted by atomic mass is 10.1. The Bertz CT molecular complexity index is 706. The number of carbonyl (C=O) groups excluding carboxylic acids is 1. The number of carbonyl (C=O) groups is 1. The zero-order valence-electron chi connectivity index (χ0n) is 12.7. The summed E-state index contributed by atoms with van der Waals surface area (Å²) >= 11 is 0. The van der Waals surface area contributed by atoms with Gasteiger partial charge in [-0.3, -0.25) is 4.79 Å². The first-order valence-electron chi connectivity index (χ1n) is 7.30. The highest BCUT2D eigenvalue weighted by Gasteiger charge is 2.20. The predicted molar refractivity (Wildman–Crippen MR) is 90.1 cm³/mol.